The zero-order valence-electron chi connectivity index (χ0n) is 10.7. The summed E-state index contributed by atoms with van der Waals surface area (Å²) in [6, 6.07) is 6.68. The van der Waals surface area contributed by atoms with Gasteiger partial charge < -0.3 is 15.3 Å². The number of β-amino-alcohol motifs (C(OH)–C–C–N with tert-alkyl or cyclic N) is 2. The molecule has 1 saturated heterocycles. The molecular weight excluding hydrogens is 249 g/mol. The van der Waals surface area contributed by atoms with Gasteiger partial charge in [-0.1, -0.05) is 18.2 Å². The second-order valence-corrected chi connectivity index (χ2v) is 5.08. The van der Waals surface area contributed by atoms with E-state index < -0.39 is 18.3 Å². The van der Waals surface area contributed by atoms with Gasteiger partial charge in [0.05, 0.1) is 12.2 Å². The van der Waals surface area contributed by atoms with E-state index in [0.29, 0.717) is 31.6 Å². The van der Waals surface area contributed by atoms with Crippen molar-refractivity contribution in [3.05, 3.63) is 35.6 Å². The molecule has 0 bridgehead atoms. The van der Waals surface area contributed by atoms with Crippen molar-refractivity contribution in [1.82, 2.24) is 4.90 Å². The maximum absolute atomic E-state index is 13.4. The highest BCUT2D eigenvalue weighted by Gasteiger charge is 2.32. The molecule has 1 aliphatic heterocycles. The van der Waals surface area contributed by atoms with Crippen LogP contribution in [0.3, 0.4) is 0 Å². The van der Waals surface area contributed by atoms with Crippen molar-refractivity contribution < 1.29 is 19.7 Å². The van der Waals surface area contributed by atoms with Crippen molar-refractivity contribution in [2.45, 2.75) is 31.2 Å². The Kier molecular flexibility index (Phi) is 4.87. The van der Waals surface area contributed by atoms with Crippen molar-refractivity contribution in [1.29, 1.82) is 0 Å². The van der Waals surface area contributed by atoms with E-state index in [9.17, 15) is 19.7 Å². The average molecular weight is 269 g/mol. The summed E-state index contributed by atoms with van der Waals surface area (Å²) in [7, 11) is 0. The van der Waals surface area contributed by atoms with Gasteiger partial charge in [0, 0.05) is 13.1 Å². The van der Waals surface area contributed by atoms with Crippen LogP contribution in [0.2, 0.25) is 0 Å². The third-order valence-electron chi connectivity index (χ3n) is 3.56. The van der Waals surface area contributed by atoms with Gasteiger partial charge in [-0.05, 0) is 31.0 Å². The zero-order valence-corrected chi connectivity index (χ0v) is 10.7. The molecule has 5 heteroatoms. The monoisotopic (exact) mass is 269 g/mol. The summed E-state index contributed by atoms with van der Waals surface area (Å²) in [5, 5.41) is 28.6. The molecule has 19 heavy (non-hydrogen) atoms. The Morgan fingerprint density at radius 1 is 1.11 bits per heavy atom. The molecule has 0 saturated carbocycles. The van der Waals surface area contributed by atoms with Crippen molar-refractivity contribution in [3.63, 3.8) is 0 Å². The number of hydrogen-bond acceptors (Lipinski definition) is 4. The predicted molar refractivity (Wildman–Crippen MR) is 69.2 cm³/mol. The van der Waals surface area contributed by atoms with Gasteiger partial charge >= 0.3 is 0 Å². The van der Waals surface area contributed by atoms with Gasteiger partial charge in [-0.3, -0.25) is 4.90 Å². The Morgan fingerprint density at radius 3 is 2.37 bits per heavy atom. The number of rotatable bonds is 4. The summed E-state index contributed by atoms with van der Waals surface area (Å²) in [5.41, 5.74) is 0.681. The quantitative estimate of drug-likeness (QED) is 0.728. The number of nitrogens with zero attached hydrogens (tertiary/aromatic N) is 1. The third-order valence-corrected chi connectivity index (χ3v) is 3.56. The third kappa shape index (κ3) is 3.73. The van der Waals surface area contributed by atoms with Gasteiger partial charge in [-0.25, -0.2) is 4.39 Å². The first-order chi connectivity index (χ1) is 9.08. The van der Waals surface area contributed by atoms with E-state index in [1.165, 1.54) is 6.07 Å². The minimum absolute atomic E-state index is 0.198. The fraction of sp³-hybridized carbons (Fsp3) is 0.571. The van der Waals surface area contributed by atoms with Crippen LogP contribution in [0.15, 0.2) is 24.3 Å². The lowest BCUT2D eigenvalue weighted by molar-refractivity contribution is -0.109. The standard InChI is InChI=1S/C14H20FNO3/c15-11-6-2-1-4-10(11)5-3-7-16-8-12(17)14(19)13(18)9-16/h1-2,4,6,12-14,17-19H,3,5,7-9H2. The van der Waals surface area contributed by atoms with Gasteiger partial charge in [0.1, 0.15) is 11.9 Å². The molecular formula is C14H20FNO3. The lowest BCUT2D eigenvalue weighted by Gasteiger charge is -2.36. The number of hydrogen-bond donors (Lipinski definition) is 3. The van der Waals surface area contributed by atoms with Crippen LogP contribution < -0.4 is 0 Å². The predicted octanol–water partition coefficient (Wildman–Crippen LogP) is 0.157. The maximum atomic E-state index is 13.4. The van der Waals surface area contributed by atoms with Crippen molar-refractivity contribution in [2.75, 3.05) is 19.6 Å². The lowest BCUT2D eigenvalue weighted by Crippen LogP contribution is -2.55. The van der Waals surface area contributed by atoms with Crippen molar-refractivity contribution in [2.24, 2.45) is 0 Å². The van der Waals surface area contributed by atoms with Crippen LogP contribution in [-0.4, -0.2) is 58.2 Å². The Labute approximate surface area is 112 Å². The summed E-state index contributed by atoms with van der Waals surface area (Å²) in [5.74, 6) is -0.198. The van der Waals surface area contributed by atoms with Crippen LogP contribution in [-0.2, 0) is 6.42 Å². The van der Waals surface area contributed by atoms with Gasteiger partial charge in [0.15, 0.2) is 0 Å². The molecule has 0 aromatic heterocycles. The number of aliphatic hydroxyl groups is 3. The summed E-state index contributed by atoms with van der Waals surface area (Å²) in [4.78, 5) is 1.89. The molecule has 1 aromatic carbocycles. The molecule has 0 radical (unpaired) electrons. The Morgan fingerprint density at radius 2 is 1.74 bits per heavy atom. The van der Waals surface area contributed by atoms with Gasteiger partial charge in [-0.2, -0.15) is 0 Å². The summed E-state index contributed by atoms with van der Waals surface area (Å²) < 4.78 is 13.4. The van der Waals surface area contributed by atoms with E-state index in [1.54, 1.807) is 12.1 Å². The average Bonchev–Trinajstić information content (AvgIpc) is 2.38. The normalized spacial score (nSPS) is 28.5. The maximum Gasteiger partial charge on any atom is 0.126 e. The largest absolute Gasteiger partial charge is 0.389 e. The number of halogens is 1. The van der Waals surface area contributed by atoms with Crippen LogP contribution in [0.5, 0.6) is 0 Å². The molecule has 1 fully saturated rings. The first-order valence-electron chi connectivity index (χ1n) is 6.58. The topological polar surface area (TPSA) is 63.9 Å². The SMILES string of the molecule is OC1CN(CCCc2ccccc2F)CC(O)C1O. The highest BCUT2D eigenvalue weighted by atomic mass is 19.1. The number of piperidine rings is 1. The van der Waals surface area contributed by atoms with E-state index >= 15 is 0 Å². The fourth-order valence-electron chi connectivity index (χ4n) is 2.45. The van der Waals surface area contributed by atoms with Crippen LogP contribution in [0, 0.1) is 5.82 Å². The van der Waals surface area contributed by atoms with Gasteiger partial charge in [0.2, 0.25) is 0 Å². The molecule has 2 unspecified atom stereocenters. The summed E-state index contributed by atoms with van der Waals surface area (Å²) >= 11 is 0. The number of likely N-dealkylation sites (tertiary alicyclic amines) is 1. The highest BCUT2D eigenvalue weighted by Crippen LogP contribution is 2.14. The molecule has 4 nitrogen and oxygen atoms in total. The first-order valence-corrected chi connectivity index (χ1v) is 6.58. The molecule has 2 rings (SSSR count). The highest BCUT2D eigenvalue weighted by molar-refractivity contribution is 5.17. The molecule has 2 atom stereocenters. The Bertz CT molecular complexity index is 403. The van der Waals surface area contributed by atoms with Crippen LogP contribution in [0.4, 0.5) is 4.39 Å². The Balaban J connectivity index is 1.79. The van der Waals surface area contributed by atoms with Crippen molar-refractivity contribution >= 4 is 0 Å². The molecule has 1 aliphatic rings. The zero-order chi connectivity index (χ0) is 13.8. The molecule has 1 aromatic rings. The summed E-state index contributed by atoms with van der Waals surface area (Å²) in [6.07, 6.45) is -1.54. The number of aliphatic hydroxyl groups excluding tert-OH is 3. The molecule has 3 N–H and O–H groups in total. The van der Waals surface area contributed by atoms with E-state index in [2.05, 4.69) is 0 Å². The van der Waals surface area contributed by atoms with E-state index in [1.807, 2.05) is 11.0 Å². The van der Waals surface area contributed by atoms with Crippen LogP contribution in [0.25, 0.3) is 0 Å². The smallest absolute Gasteiger partial charge is 0.126 e. The lowest BCUT2D eigenvalue weighted by atomic mass is 10.0. The minimum atomic E-state index is -1.07. The van der Waals surface area contributed by atoms with Gasteiger partial charge in [0.25, 0.3) is 0 Å². The second kappa shape index (κ2) is 6.43. The first kappa shape index (κ1) is 14.4. The molecule has 1 heterocycles. The fourth-order valence-corrected chi connectivity index (χ4v) is 2.45. The number of benzene rings is 1. The second-order valence-electron chi connectivity index (χ2n) is 5.08. The minimum Gasteiger partial charge on any atom is -0.389 e. The van der Waals surface area contributed by atoms with E-state index in [-0.39, 0.29) is 5.82 Å². The van der Waals surface area contributed by atoms with Crippen LogP contribution in [0.1, 0.15) is 12.0 Å². The molecule has 0 spiro atoms. The van der Waals surface area contributed by atoms with E-state index in [0.717, 1.165) is 6.42 Å². The molecule has 0 aliphatic carbocycles. The number of aryl methyl sites for hydroxylation is 1. The Hall–Kier alpha value is -1.01. The summed E-state index contributed by atoms with van der Waals surface area (Å²) in [6.45, 7) is 1.35. The van der Waals surface area contributed by atoms with E-state index in [4.69, 9.17) is 0 Å². The van der Waals surface area contributed by atoms with Crippen LogP contribution >= 0.6 is 0 Å². The molecule has 106 valence electrons. The van der Waals surface area contributed by atoms with Crippen molar-refractivity contribution in [3.8, 4) is 0 Å². The van der Waals surface area contributed by atoms with Gasteiger partial charge in [-0.15, -0.1) is 0 Å². The molecule has 0 amide bonds.